The van der Waals surface area contributed by atoms with Gasteiger partial charge >= 0.3 is 0 Å². The number of carbonyl (C=O) groups is 1. The third kappa shape index (κ3) is 5.29. The van der Waals surface area contributed by atoms with Crippen LogP contribution in [0.15, 0.2) is 42.6 Å². The van der Waals surface area contributed by atoms with Crippen LogP contribution in [-0.4, -0.2) is 48.5 Å². The number of H-pyrrole nitrogens is 1. The highest BCUT2D eigenvalue weighted by Gasteiger charge is 2.14. The van der Waals surface area contributed by atoms with Crippen LogP contribution in [0.4, 0.5) is 0 Å². The summed E-state index contributed by atoms with van der Waals surface area (Å²) in [6.45, 7) is 2.30. The Balaban J connectivity index is 1.54. The van der Waals surface area contributed by atoms with Crippen molar-refractivity contribution in [1.82, 2.24) is 20.5 Å². The van der Waals surface area contributed by atoms with Crippen LogP contribution in [0.2, 0.25) is 0 Å². The second-order valence-corrected chi connectivity index (χ2v) is 6.19. The van der Waals surface area contributed by atoms with Crippen LogP contribution in [0.5, 0.6) is 17.2 Å². The molecule has 2 aromatic heterocycles. The highest BCUT2D eigenvalue weighted by atomic mass is 16.5. The summed E-state index contributed by atoms with van der Waals surface area (Å²) < 4.78 is 16.1. The lowest BCUT2D eigenvalue weighted by Gasteiger charge is -2.08. The van der Waals surface area contributed by atoms with Crippen molar-refractivity contribution in [1.29, 1.82) is 0 Å². The number of aromatic nitrogens is 3. The molecule has 1 aromatic carbocycles. The number of aryl methyl sites for hydroxylation is 1. The van der Waals surface area contributed by atoms with Crippen molar-refractivity contribution >= 4 is 5.91 Å². The van der Waals surface area contributed by atoms with Gasteiger partial charge in [0.15, 0.2) is 0 Å². The van der Waals surface area contributed by atoms with E-state index >= 15 is 0 Å². The van der Waals surface area contributed by atoms with Crippen molar-refractivity contribution < 1.29 is 19.0 Å². The quantitative estimate of drug-likeness (QED) is 0.586. The summed E-state index contributed by atoms with van der Waals surface area (Å²) in [6, 6.07) is 10.7. The van der Waals surface area contributed by atoms with Crippen molar-refractivity contribution in [3.05, 3.63) is 54.0 Å². The van der Waals surface area contributed by atoms with Gasteiger partial charge in [0.25, 0.3) is 5.91 Å². The maximum absolute atomic E-state index is 12.3. The first-order chi connectivity index (χ1) is 14.6. The fraction of sp³-hybridized carbons (Fsp3) is 0.227. The summed E-state index contributed by atoms with van der Waals surface area (Å²) in [5.41, 5.74) is 2.53. The Kier molecular flexibility index (Phi) is 6.90. The van der Waals surface area contributed by atoms with Gasteiger partial charge in [0.1, 0.15) is 29.5 Å². The number of hydrogen-bond acceptors (Lipinski definition) is 6. The van der Waals surface area contributed by atoms with Crippen molar-refractivity contribution in [2.24, 2.45) is 0 Å². The monoisotopic (exact) mass is 406 g/mol. The number of benzene rings is 1. The van der Waals surface area contributed by atoms with Crippen LogP contribution in [0.1, 0.15) is 16.2 Å². The number of pyridine rings is 1. The van der Waals surface area contributed by atoms with Crippen LogP contribution in [0, 0.1) is 18.8 Å². The van der Waals surface area contributed by atoms with Crippen LogP contribution in [0.3, 0.4) is 0 Å². The van der Waals surface area contributed by atoms with E-state index in [1.807, 2.05) is 19.1 Å². The van der Waals surface area contributed by atoms with Crippen molar-refractivity contribution in [3.8, 4) is 40.3 Å². The molecule has 0 atom stereocenters. The van der Waals surface area contributed by atoms with Crippen LogP contribution >= 0.6 is 0 Å². The number of hydrogen-bond donors (Lipinski definition) is 2. The molecule has 2 heterocycles. The molecule has 3 aromatic rings. The molecule has 0 fully saturated rings. The summed E-state index contributed by atoms with van der Waals surface area (Å²) >= 11 is 0. The van der Waals surface area contributed by atoms with Gasteiger partial charge in [-0.3, -0.25) is 14.9 Å². The third-order valence-electron chi connectivity index (χ3n) is 4.16. The Morgan fingerprint density at radius 1 is 1.10 bits per heavy atom. The van der Waals surface area contributed by atoms with Gasteiger partial charge in [0, 0.05) is 11.3 Å². The zero-order valence-corrected chi connectivity index (χ0v) is 17.0. The lowest BCUT2D eigenvalue weighted by atomic mass is 10.1. The van der Waals surface area contributed by atoms with E-state index in [1.54, 1.807) is 44.7 Å². The highest BCUT2D eigenvalue weighted by molar-refractivity contribution is 5.93. The molecule has 8 nitrogen and oxygen atoms in total. The van der Waals surface area contributed by atoms with Gasteiger partial charge in [-0.05, 0) is 43.3 Å². The van der Waals surface area contributed by atoms with Crippen molar-refractivity contribution in [2.45, 2.75) is 6.92 Å². The van der Waals surface area contributed by atoms with E-state index in [2.05, 4.69) is 32.3 Å². The predicted octanol–water partition coefficient (Wildman–Crippen LogP) is 2.61. The first-order valence-electron chi connectivity index (χ1n) is 9.18. The van der Waals surface area contributed by atoms with E-state index in [9.17, 15) is 4.79 Å². The molecule has 8 heteroatoms. The van der Waals surface area contributed by atoms with Crippen LogP contribution in [0.25, 0.3) is 11.3 Å². The van der Waals surface area contributed by atoms with E-state index in [4.69, 9.17) is 14.2 Å². The Bertz CT molecular complexity index is 1060. The Morgan fingerprint density at radius 3 is 2.67 bits per heavy atom. The average Bonchev–Trinajstić information content (AvgIpc) is 3.27. The largest absolute Gasteiger partial charge is 0.497 e. The predicted molar refractivity (Wildman–Crippen MR) is 112 cm³/mol. The summed E-state index contributed by atoms with van der Waals surface area (Å²) in [6.07, 6.45) is 1.64. The number of carbonyl (C=O) groups excluding carboxylic acids is 1. The minimum Gasteiger partial charge on any atom is -0.497 e. The van der Waals surface area contributed by atoms with Crippen molar-refractivity contribution in [3.63, 3.8) is 0 Å². The SMILES string of the molecule is COc1ccc(OC)c(-c2cc(C(=O)NCC#CCOc3ccc(C)nc3)[nH]n2)c1. The van der Waals surface area contributed by atoms with E-state index in [0.717, 1.165) is 11.3 Å². The summed E-state index contributed by atoms with van der Waals surface area (Å²) in [5, 5.41) is 9.65. The van der Waals surface area contributed by atoms with Crippen LogP contribution in [-0.2, 0) is 0 Å². The standard InChI is InChI=1S/C22H22N4O4/c1-15-6-7-17(14-24-15)30-11-5-4-10-23-22(27)20-13-19(25-26-20)18-12-16(28-2)8-9-21(18)29-3/h6-9,12-14H,10-11H2,1-3H3,(H,23,27)(H,25,26). The topological polar surface area (TPSA) is 98.4 Å². The molecular formula is C22H22N4O4. The molecule has 0 bridgehead atoms. The minimum absolute atomic E-state index is 0.186. The Labute approximate surface area is 174 Å². The molecule has 0 aliphatic heterocycles. The maximum atomic E-state index is 12.3. The zero-order chi connectivity index (χ0) is 21.3. The molecule has 154 valence electrons. The molecule has 0 unspecified atom stereocenters. The third-order valence-corrected chi connectivity index (χ3v) is 4.16. The molecule has 3 rings (SSSR count). The van der Waals surface area contributed by atoms with Gasteiger partial charge in [-0.2, -0.15) is 5.10 Å². The number of rotatable bonds is 7. The van der Waals surface area contributed by atoms with Gasteiger partial charge in [-0.15, -0.1) is 0 Å². The fourth-order valence-corrected chi connectivity index (χ4v) is 2.58. The number of nitrogens with zero attached hydrogens (tertiary/aromatic N) is 2. The number of amides is 1. The molecule has 0 spiro atoms. The lowest BCUT2D eigenvalue weighted by Crippen LogP contribution is -2.24. The summed E-state index contributed by atoms with van der Waals surface area (Å²) in [7, 11) is 3.15. The summed E-state index contributed by atoms with van der Waals surface area (Å²) in [4.78, 5) is 16.4. The second kappa shape index (κ2) is 9.98. The first kappa shape index (κ1) is 20.7. The Morgan fingerprint density at radius 2 is 1.93 bits per heavy atom. The van der Waals surface area contributed by atoms with Gasteiger partial charge in [-0.1, -0.05) is 11.8 Å². The molecule has 2 N–H and O–H groups in total. The number of nitrogens with one attached hydrogen (secondary N) is 2. The molecule has 0 saturated carbocycles. The minimum atomic E-state index is -0.312. The fourth-order valence-electron chi connectivity index (χ4n) is 2.58. The number of aromatic amines is 1. The number of methoxy groups -OCH3 is 2. The zero-order valence-electron chi connectivity index (χ0n) is 17.0. The van der Waals surface area contributed by atoms with E-state index in [0.29, 0.717) is 28.6 Å². The molecule has 0 radical (unpaired) electrons. The van der Waals surface area contributed by atoms with E-state index in [1.165, 1.54) is 0 Å². The highest BCUT2D eigenvalue weighted by Crippen LogP contribution is 2.32. The average molecular weight is 406 g/mol. The van der Waals surface area contributed by atoms with Gasteiger partial charge in [0.2, 0.25) is 0 Å². The molecule has 0 saturated heterocycles. The van der Waals surface area contributed by atoms with Crippen molar-refractivity contribution in [2.75, 3.05) is 27.4 Å². The molecule has 0 aliphatic carbocycles. The molecular weight excluding hydrogens is 384 g/mol. The molecule has 0 aliphatic rings. The normalized spacial score (nSPS) is 9.97. The van der Waals surface area contributed by atoms with Gasteiger partial charge in [0.05, 0.1) is 32.7 Å². The van der Waals surface area contributed by atoms with Gasteiger partial charge in [-0.25, -0.2) is 0 Å². The summed E-state index contributed by atoms with van der Waals surface area (Å²) in [5.74, 6) is 7.32. The van der Waals surface area contributed by atoms with Crippen LogP contribution < -0.4 is 19.5 Å². The maximum Gasteiger partial charge on any atom is 0.270 e. The van der Waals surface area contributed by atoms with Gasteiger partial charge < -0.3 is 19.5 Å². The Hall–Kier alpha value is -3.99. The number of ether oxygens (including phenoxy) is 3. The van der Waals surface area contributed by atoms with E-state index in [-0.39, 0.29) is 19.1 Å². The smallest absolute Gasteiger partial charge is 0.270 e. The van der Waals surface area contributed by atoms with E-state index < -0.39 is 0 Å². The lowest BCUT2D eigenvalue weighted by molar-refractivity contribution is 0.0953. The molecule has 1 amide bonds. The molecule has 30 heavy (non-hydrogen) atoms. The second-order valence-electron chi connectivity index (χ2n) is 6.19. The first-order valence-corrected chi connectivity index (χ1v) is 9.18.